The molecule has 3 atom stereocenters. The third-order valence-electron chi connectivity index (χ3n) is 8.34. The molecule has 3 heterocycles. The van der Waals surface area contributed by atoms with Crippen molar-refractivity contribution in [2.75, 3.05) is 19.6 Å². The molecule has 10 nitrogen and oxygen atoms in total. The smallest absolute Gasteiger partial charge is 0.307 e. The molecule has 3 aliphatic rings. The van der Waals surface area contributed by atoms with Gasteiger partial charge < -0.3 is 19.6 Å². The number of carboxylic acids is 1. The van der Waals surface area contributed by atoms with E-state index >= 15 is 0 Å². The Morgan fingerprint density at radius 3 is 2.58 bits per heavy atom. The summed E-state index contributed by atoms with van der Waals surface area (Å²) in [6, 6.07) is 2.66. The van der Waals surface area contributed by atoms with E-state index in [-0.39, 0.29) is 36.4 Å². The molecule has 13 heteroatoms. The normalized spacial score (nSPS) is 23.0. The average molecular weight is 580 g/mol. The number of rotatable bonds is 8. The van der Waals surface area contributed by atoms with Crippen LogP contribution in [0, 0.1) is 11.8 Å². The Balaban J connectivity index is 1.52. The summed E-state index contributed by atoms with van der Waals surface area (Å²) < 4.78 is 34.3. The maximum absolute atomic E-state index is 14.0. The van der Waals surface area contributed by atoms with E-state index in [9.17, 15) is 28.3 Å². The highest BCUT2D eigenvalue weighted by Gasteiger charge is 2.43. The third-order valence-corrected chi connectivity index (χ3v) is 8.69. The van der Waals surface area contributed by atoms with Gasteiger partial charge in [0, 0.05) is 43.7 Å². The maximum Gasteiger partial charge on any atom is 0.307 e. The molecule has 1 saturated carbocycles. The van der Waals surface area contributed by atoms with Crippen LogP contribution in [0.4, 0.5) is 8.78 Å². The molecule has 0 spiro atoms. The molecule has 0 bridgehead atoms. The summed E-state index contributed by atoms with van der Waals surface area (Å²) in [7, 11) is 1.38. The van der Waals surface area contributed by atoms with Crippen LogP contribution in [0.2, 0.25) is 5.02 Å². The first-order valence-electron chi connectivity index (χ1n) is 13.6. The number of halogens is 3. The fraction of sp³-hybridized carbons (Fsp3) is 0.593. The number of ether oxygens (including phenoxy) is 1. The van der Waals surface area contributed by atoms with Crippen LogP contribution in [-0.2, 0) is 34.5 Å². The molecule has 0 radical (unpaired) electrons. The Bertz CT molecular complexity index is 1300. The molecule has 1 aliphatic carbocycles. The summed E-state index contributed by atoms with van der Waals surface area (Å²) in [5.74, 6) is -2.34. The maximum atomic E-state index is 14.0. The summed E-state index contributed by atoms with van der Waals surface area (Å²) in [6.45, 7) is 0.771. The van der Waals surface area contributed by atoms with Crippen molar-refractivity contribution in [1.82, 2.24) is 24.8 Å². The second kappa shape index (κ2) is 11.7. The van der Waals surface area contributed by atoms with Crippen molar-refractivity contribution in [2.45, 2.75) is 64.0 Å². The molecule has 40 heavy (non-hydrogen) atoms. The van der Waals surface area contributed by atoms with Crippen LogP contribution in [0.3, 0.4) is 0 Å². The molecule has 216 valence electrons. The molecule has 2 amide bonds. The second-order valence-electron chi connectivity index (χ2n) is 10.6. The van der Waals surface area contributed by atoms with E-state index in [1.54, 1.807) is 21.9 Å². The molecular formula is C27H32ClF2N5O5. The second-order valence-corrected chi connectivity index (χ2v) is 11.1. The molecule has 2 fully saturated rings. The van der Waals surface area contributed by atoms with Gasteiger partial charge in [0.15, 0.2) is 0 Å². The molecular weight excluding hydrogens is 548 g/mol. The van der Waals surface area contributed by atoms with Gasteiger partial charge in [-0.3, -0.25) is 14.4 Å². The van der Waals surface area contributed by atoms with Crippen LogP contribution in [0.15, 0.2) is 12.1 Å². The van der Waals surface area contributed by atoms with Crippen molar-refractivity contribution >= 4 is 29.4 Å². The molecule has 2 unspecified atom stereocenters. The number of aromatic nitrogens is 3. The van der Waals surface area contributed by atoms with Crippen LogP contribution in [0.1, 0.15) is 73.5 Å². The first kappa shape index (κ1) is 28.3. The molecule has 1 N–H and O–H groups in total. The van der Waals surface area contributed by atoms with Crippen LogP contribution < -0.4 is 4.74 Å². The van der Waals surface area contributed by atoms with Crippen LogP contribution in [-0.4, -0.2) is 67.3 Å². The van der Waals surface area contributed by atoms with Gasteiger partial charge in [0.1, 0.15) is 23.7 Å². The van der Waals surface area contributed by atoms with Gasteiger partial charge in [-0.25, -0.2) is 13.5 Å². The van der Waals surface area contributed by atoms with E-state index in [1.165, 1.54) is 7.05 Å². The Labute approximate surface area is 235 Å². The van der Waals surface area contributed by atoms with E-state index in [4.69, 9.17) is 16.3 Å². The summed E-state index contributed by atoms with van der Waals surface area (Å²) in [5.41, 5.74) is 1.00. The highest BCUT2D eigenvalue weighted by Crippen LogP contribution is 2.43. The zero-order chi connectivity index (χ0) is 28.6. The monoisotopic (exact) mass is 579 g/mol. The number of hydrogen-bond acceptors (Lipinski definition) is 6. The molecule has 2 aromatic rings. The zero-order valence-electron chi connectivity index (χ0n) is 22.2. The lowest BCUT2D eigenvalue weighted by Crippen LogP contribution is -2.50. The minimum atomic E-state index is -2.79. The van der Waals surface area contributed by atoms with Gasteiger partial charge in [0.2, 0.25) is 11.8 Å². The molecule has 5 rings (SSSR count). The largest absolute Gasteiger partial charge is 0.487 e. The minimum absolute atomic E-state index is 0.0114. The van der Waals surface area contributed by atoms with Gasteiger partial charge in [-0.2, -0.15) is 0 Å². The molecule has 1 aromatic heterocycles. The van der Waals surface area contributed by atoms with Gasteiger partial charge >= 0.3 is 5.97 Å². The number of aryl methyl sites for hydroxylation is 1. The highest BCUT2D eigenvalue weighted by atomic mass is 35.5. The number of carbonyl (C=O) groups excluding carboxylic acids is 2. The number of hydrogen-bond donors (Lipinski definition) is 1. The van der Waals surface area contributed by atoms with Crippen molar-refractivity contribution in [3.8, 4) is 5.75 Å². The van der Waals surface area contributed by atoms with E-state index < -0.39 is 30.3 Å². The van der Waals surface area contributed by atoms with Crippen LogP contribution in [0.25, 0.3) is 0 Å². The predicted molar refractivity (Wildman–Crippen MR) is 139 cm³/mol. The number of carbonyl (C=O) groups is 3. The summed E-state index contributed by atoms with van der Waals surface area (Å²) in [4.78, 5) is 42.1. The minimum Gasteiger partial charge on any atom is -0.487 e. The Morgan fingerprint density at radius 1 is 1.15 bits per heavy atom. The Hall–Kier alpha value is -3.28. The number of aliphatic carboxylic acids is 1. The van der Waals surface area contributed by atoms with Crippen LogP contribution in [0.5, 0.6) is 5.75 Å². The van der Waals surface area contributed by atoms with Crippen molar-refractivity contribution in [2.24, 2.45) is 18.9 Å². The van der Waals surface area contributed by atoms with Crippen molar-refractivity contribution in [3.63, 3.8) is 0 Å². The summed E-state index contributed by atoms with van der Waals surface area (Å²) >= 11 is 6.61. The fourth-order valence-corrected chi connectivity index (χ4v) is 6.58. The lowest BCUT2D eigenvalue weighted by atomic mass is 9.77. The number of fused-ring (bicyclic) bond motifs is 1. The van der Waals surface area contributed by atoms with Gasteiger partial charge in [-0.1, -0.05) is 29.7 Å². The van der Waals surface area contributed by atoms with E-state index in [0.717, 1.165) is 23.1 Å². The van der Waals surface area contributed by atoms with Crippen molar-refractivity contribution in [3.05, 3.63) is 39.7 Å². The van der Waals surface area contributed by atoms with Gasteiger partial charge in [-0.05, 0) is 43.4 Å². The first-order valence-corrected chi connectivity index (χ1v) is 14.0. The topological polar surface area (TPSA) is 118 Å². The number of alkyl halides is 2. The average Bonchev–Trinajstić information content (AvgIpc) is 3.52. The van der Waals surface area contributed by atoms with Gasteiger partial charge in [0.05, 0.1) is 17.9 Å². The third kappa shape index (κ3) is 5.37. The predicted octanol–water partition coefficient (Wildman–Crippen LogP) is 3.92. The van der Waals surface area contributed by atoms with E-state index in [0.29, 0.717) is 61.5 Å². The number of likely N-dealkylation sites (tertiary alicyclic amines) is 1. The zero-order valence-corrected chi connectivity index (χ0v) is 22.9. The number of benzene rings is 1. The fourth-order valence-electron chi connectivity index (χ4n) is 6.32. The van der Waals surface area contributed by atoms with Crippen LogP contribution >= 0.6 is 11.6 Å². The number of amides is 2. The Morgan fingerprint density at radius 2 is 1.90 bits per heavy atom. The quantitative estimate of drug-likeness (QED) is 0.503. The van der Waals surface area contributed by atoms with E-state index in [1.807, 2.05) is 0 Å². The van der Waals surface area contributed by atoms with Crippen molar-refractivity contribution in [1.29, 1.82) is 0 Å². The molecule has 1 saturated heterocycles. The lowest BCUT2D eigenvalue weighted by Gasteiger charge is -2.43. The first-order chi connectivity index (χ1) is 19.2. The molecule has 2 aliphatic heterocycles. The number of carboxylic acid groups (broad SMARTS) is 1. The number of nitrogens with zero attached hydrogens (tertiary/aromatic N) is 5. The highest BCUT2D eigenvalue weighted by molar-refractivity contribution is 6.31. The molecule has 1 aromatic carbocycles. The Kier molecular flexibility index (Phi) is 8.25. The van der Waals surface area contributed by atoms with Gasteiger partial charge in [-0.15, -0.1) is 5.10 Å². The van der Waals surface area contributed by atoms with Gasteiger partial charge in [0.25, 0.3) is 6.43 Å². The lowest BCUT2D eigenvalue weighted by molar-refractivity contribution is -0.154. The summed E-state index contributed by atoms with van der Waals surface area (Å²) in [5, 5.41) is 17.8. The standard InChI is InChI=1S/C27H32ClF2N5O5/c1-33-24(25(29)30)19(31-32-33)14-40-21-9-8-18(28)17-10-12-35(20(23(17)21)13-34-11-4-7-22(34)36)26(37)15-5-2-3-6-16(15)27(38)39/h8-9,15-16,20,25H,2-7,10-14H2,1H3,(H,38,39)/t15?,16?,20-/m1/s1. The van der Waals surface area contributed by atoms with E-state index in [2.05, 4.69) is 10.3 Å². The van der Waals surface area contributed by atoms with Crippen molar-refractivity contribution < 1.29 is 33.0 Å². The summed E-state index contributed by atoms with van der Waals surface area (Å²) in [6.07, 6.45) is 1.18. The SMILES string of the molecule is Cn1nnc(COc2ccc(Cl)c3c2[C@@H](CN2CCCC2=O)N(C(=O)C2CCCCC2C(=O)O)CC3)c1C(F)F.